The van der Waals surface area contributed by atoms with Crippen molar-refractivity contribution in [1.29, 1.82) is 0 Å². The van der Waals surface area contributed by atoms with Crippen molar-refractivity contribution in [3.8, 4) is 0 Å². The minimum absolute atomic E-state index is 0. The van der Waals surface area contributed by atoms with E-state index < -0.39 is 15.9 Å². The molecule has 0 aliphatic carbocycles. The molecular formula is C16H16LrN2O4S-2. The Balaban J connectivity index is 0.00000264. The molecule has 0 bridgehead atoms. The van der Waals surface area contributed by atoms with Crippen LogP contribution in [0, 0.1) is 13.5 Å². The van der Waals surface area contributed by atoms with E-state index in [-0.39, 0.29) is 23.8 Å². The summed E-state index contributed by atoms with van der Waals surface area (Å²) in [7, 11) is -3.98. The maximum Gasteiger partial charge on any atom is 0.264 e. The fourth-order valence-corrected chi connectivity index (χ4v) is 2.67. The van der Waals surface area contributed by atoms with Crippen LogP contribution in [0.2, 0.25) is 0 Å². The minimum atomic E-state index is -3.98. The van der Waals surface area contributed by atoms with Gasteiger partial charge < -0.3 is 12.7 Å². The average Bonchev–Trinajstić information content (AvgIpc) is 2.47. The van der Waals surface area contributed by atoms with Crippen LogP contribution in [0.5, 0.6) is 0 Å². The maximum absolute atomic E-state index is 12.1. The zero-order valence-corrected chi connectivity index (χ0v) is 15.9. The number of carbonyl (C=O) groups excluding carboxylic acids is 2. The van der Waals surface area contributed by atoms with Crippen molar-refractivity contribution in [3.05, 3.63) is 67.6 Å². The van der Waals surface area contributed by atoms with Gasteiger partial charge in [0.1, 0.15) is 0 Å². The second-order valence-electron chi connectivity index (χ2n) is 4.43. The number of nitrogens with one attached hydrogen (secondary N) is 2. The predicted molar refractivity (Wildman–Crippen MR) is 87.1 cm³/mol. The number of benzene rings is 2. The van der Waals surface area contributed by atoms with Gasteiger partial charge in [-0.15, -0.1) is 0 Å². The molecule has 2 N–H and O–H groups in total. The van der Waals surface area contributed by atoms with Gasteiger partial charge in [0.15, 0.2) is 0 Å². The summed E-state index contributed by atoms with van der Waals surface area (Å²) in [5.74, 6) is -0.982. The predicted octanol–water partition coefficient (Wildman–Crippen LogP) is 2.01. The van der Waals surface area contributed by atoms with Crippen LogP contribution in [0.3, 0.4) is 0 Å². The number of rotatable bonds is 4. The summed E-state index contributed by atoms with van der Waals surface area (Å²) in [4.78, 5) is 22.7. The second-order valence-corrected chi connectivity index (χ2v) is 6.11. The van der Waals surface area contributed by atoms with Gasteiger partial charge in [-0.1, -0.05) is 5.56 Å². The van der Waals surface area contributed by atoms with Gasteiger partial charge in [0, 0.05) is 12.6 Å². The molecule has 0 aliphatic heterocycles. The van der Waals surface area contributed by atoms with Gasteiger partial charge in [-0.25, -0.2) is 13.1 Å². The molecular weight excluding hydrogens is 578 g/mol. The normalized spacial score (nSPS) is 9.88. The summed E-state index contributed by atoms with van der Waals surface area (Å²) in [5, 5.41) is 2.53. The number of amides is 2. The molecule has 1 radical (unpaired) electrons. The van der Waals surface area contributed by atoms with Crippen LogP contribution in [0.25, 0.3) is 0 Å². The topological polar surface area (TPSA) is 92.3 Å². The second kappa shape index (κ2) is 8.09. The molecule has 0 aliphatic rings. The van der Waals surface area contributed by atoms with Crippen LogP contribution in [-0.2, 0) is 14.8 Å². The first-order valence-electron chi connectivity index (χ1n) is 6.29. The first kappa shape index (κ1) is 20.3. The Morgan fingerprint density at radius 1 is 1.00 bits per heavy atom. The molecule has 0 saturated heterocycles. The quantitative estimate of drug-likeness (QED) is 0.531. The van der Waals surface area contributed by atoms with Crippen molar-refractivity contribution < 1.29 is 18.0 Å². The van der Waals surface area contributed by atoms with Gasteiger partial charge in [-0.05, 0) is 24.3 Å². The smallest absolute Gasteiger partial charge is 0.264 e. The molecule has 137 valence electrons. The van der Waals surface area contributed by atoms with E-state index in [0.717, 1.165) is 0 Å². The van der Waals surface area contributed by atoms with Gasteiger partial charge in [-0.3, -0.25) is 9.59 Å². The molecule has 0 heterocycles. The average molecular weight is 594 g/mol. The van der Waals surface area contributed by atoms with Crippen molar-refractivity contribution in [2.75, 3.05) is 5.32 Å². The molecule has 2 rings (SSSR count). The van der Waals surface area contributed by atoms with E-state index in [9.17, 15) is 18.0 Å². The number of sulfonamides is 1. The standard InChI is InChI=1S/C15H13N2O4S.CH3.Lr/c1-11(18)16-13-7-9-14(10-8-13)22(20,21)17-15(19)12-5-3-2-4-6-12;;/h3-10H,1H3,(H,16,18)(H,17,19);1H3;/q2*-1;. The maximum atomic E-state index is 12.1. The molecule has 0 saturated carbocycles. The summed E-state index contributed by atoms with van der Waals surface area (Å²) in [6.45, 7) is 1.35. The third-order valence-electron chi connectivity index (χ3n) is 2.69. The summed E-state index contributed by atoms with van der Waals surface area (Å²) < 4.78 is 26.2. The van der Waals surface area contributed by atoms with Crippen LogP contribution in [0.4, 0.5) is 5.69 Å². The third kappa shape index (κ3) is 4.96. The number of hydrogen-bond acceptors (Lipinski definition) is 4. The summed E-state index contributed by atoms with van der Waals surface area (Å²) in [6, 6.07) is 14.2. The van der Waals surface area contributed by atoms with E-state index in [4.69, 9.17) is 0 Å². The largest absolute Gasteiger partial charge is 0.358 e. The molecule has 2 aromatic rings. The van der Waals surface area contributed by atoms with Gasteiger partial charge in [0.25, 0.3) is 10.0 Å². The fraction of sp³-hybridized carbons (Fsp3) is 0.0625. The summed E-state index contributed by atoms with van der Waals surface area (Å²) in [5.41, 5.74) is 0.688. The van der Waals surface area contributed by atoms with Crippen molar-refractivity contribution in [2.45, 2.75) is 11.8 Å². The van der Waals surface area contributed by atoms with Crippen LogP contribution < -0.4 is 10.0 Å². The molecule has 6 nitrogen and oxygen atoms in total. The van der Waals surface area contributed by atoms with Crippen LogP contribution >= 0.6 is 0 Å². The number of carbonyl (C=O) groups is 2. The van der Waals surface area contributed by atoms with Crippen molar-refractivity contribution in [1.82, 2.24) is 4.72 Å². The minimum Gasteiger partial charge on any atom is -0.358 e. The third-order valence-corrected chi connectivity index (χ3v) is 4.04. The van der Waals surface area contributed by atoms with Gasteiger partial charge in [0.2, 0.25) is 11.8 Å². The molecule has 8 heteroatoms. The molecule has 0 fully saturated rings. The van der Waals surface area contributed by atoms with E-state index in [0.29, 0.717) is 5.69 Å². The monoisotopic (exact) mass is 594 g/mol. The Bertz CT molecular complexity index is 791. The SMILES string of the molecule is CC(=O)Nc1ccc(S(=O)(=O)NC(=O)c2cc[c-]cc2)cc1.[CH3-].[Lr]. The number of anilines is 1. The van der Waals surface area contributed by atoms with Crippen LogP contribution in [-0.4, -0.2) is 20.2 Å². The molecule has 24 heavy (non-hydrogen) atoms. The zero-order chi connectivity index (χ0) is 16.2. The van der Waals surface area contributed by atoms with Crippen molar-refractivity contribution in [3.63, 3.8) is 0 Å². The van der Waals surface area contributed by atoms with Crippen LogP contribution in [0.1, 0.15) is 17.3 Å². The van der Waals surface area contributed by atoms with E-state index >= 15 is 0 Å². The van der Waals surface area contributed by atoms with Crippen molar-refractivity contribution in [2.24, 2.45) is 0 Å². The van der Waals surface area contributed by atoms with E-state index in [1.165, 1.54) is 55.5 Å². The number of hydrogen-bond donors (Lipinski definition) is 2. The first-order chi connectivity index (χ1) is 10.4. The summed E-state index contributed by atoms with van der Waals surface area (Å²) >= 11 is 0. The molecule has 2 aromatic carbocycles. The Morgan fingerprint density at radius 3 is 2.04 bits per heavy atom. The Labute approximate surface area is 135 Å². The van der Waals surface area contributed by atoms with Gasteiger partial charge in [0.05, 0.1) is 4.90 Å². The molecule has 0 unspecified atom stereocenters. The summed E-state index contributed by atoms with van der Waals surface area (Å²) in [6.07, 6.45) is 0. The van der Waals surface area contributed by atoms with Gasteiger partial charge >= 0.3 is 0 Å². The molecule has 0 aromatic heterocycles. The molecule has 0 spiro atoms. The Hall–Kier alpha value is -3.67. The van der Waals surface area contributed by atoms with Gasteiger partial charge in [-0.2, -0.15) is 30.3 Å². The Kier molecular flexibility index (Phi) is 6.85. The van der Waals surface area contributed by atoms with E-state index in [2.05, 4.69) is 11.4 Å². The fourth-order valence-electron chi connectivity index (χ4n) is 1.70. The van der Waals surface area contributed by atoms with E-state index in [1.807, 2.05) is 4.72 Å². The molecule has 0 atom stereocenters. The molecule has 2 amide bonds. The first-order valence-corrected chi connectivity index (χ1v) is 7.78. The Morgan fingerprint density at radius 2 is 1.54 bits per heavy atom. The van der Waals surface area contributed by atoms with E-state index in [1.54, 1.807) is 0 Å². The van der Waals surface area contributed by atoms with Crippen molar-refractivity contribution >= 4 is 27.5 Å². The zero-order valence-electron chi connectivity index (χ0n) is 12.9. The van der Waals surface area contributed by atoms with Crippen LogP contribution in [0.15, 0.2) is 53.4 Å².